The molecule has 2 heterocycles. The lowest BCUT2D eigenvalue weighted by Gasteiger charge is -2.14. The first-order valence-electron chi connectivity index (χ1n) is 7.41. The molecule has 1 aromatic heterocycles. The third-order valence-corrected chi connectivity index (χ3v) is 3.36. The zero-order valence-corrected chi connectivity index (χ0v) is 12.9. The lowest BCUT2D eigenvalue weighted by atomic mass is 10.2. The van der Waals surface area contributed by atoms with Gasteiger partial charge in [0.15, 0.2) is 0 Å². The number of carbonyl (C=O) groups is 1. The van der Waals surface area contributed by atoms with Crippen LogP contribution in [-0.2, 0) is 6.54 Å². The van der Waals surface area contributed by atoms with Crippen molar-refractivity contribution in [1.82, 2.24) is 15.0 Å². The predicted molar refractivity (Wildman–Crippen MR) is 83.5 cm³/mol. The SMILES string of the molecule is O=C(N/N=C\c1ccc(OC(F)(F)F)cc1)c1cn2c(n1)NCCC2. The van der Waals surface area contributed by atoms with Crippen LogP contribution in [0.15, 0.2) is 35.6 Å². The molecule has 2 N–H and O–H groups in total. The first kappa shape index (κ1) is 16.8. The monoisotopic (exact) mass is 353 g/mol. The Bertz CT molecular complexity index is 760. The second-order valence-electron chi connectivity index (χ2n) is 5.24. The van der Waals surface area contributed by atoms with E-state index in [1.165, 1.54) is 18.3 Å². The van der Waals surface area contributed by atoms with Gasteiger partial charge in [0.2, 0.25) is 5.95 Å². The van der Waals surface area contributed by atoms with Crippen molar-refractivity contribution >= 4 is 18.1 Å². The number of hydrogen-bond acceptors (Lipinski definition) is 5. The van der Waals surface area contributed by atoms with Gasteiger partial charge in [-0.1, -0.05) is 0 Å². The molecule has 1 aliphatic heterocycles. The molecule has 2 aromatic rings. The number of alkyl halides is 3. The van der Waals surface area contributed by atoms with E-state index in [1.807, 2.05) is 4.57 Å². The van der Waals surface area contributed by atoms with Crippen molar-refractivity contribution in [2.24, 2.45) is 5.10 Å². The second kappa shape index (κ2) is 6.83. The average Bonchev–Trinajstić information content (AvgIpc) is 2.99. The van der Waals surface area contributed by atoms with E-state index in [0.717, 1.165) is 31.6 Å². The minimum atomic E-state index is -4.73. The summed E-state index contributed by atoms with van der Waals surface area (Å²) in [5, 5.41) is 6.85. The molecule has 10 heteroatoms. The fourth-order valence-corrected chi connectivity index (χ4v) is 2.26. The molecular formula is C15H14F3N5O2. The van der Waals surface area contributed by atoms with Gasteiger partial charge in [-0.05, 0) is 36.2 Å². The number of halogens is 3. The fraction of sp³-hybridized carbons (Fsp3) is 0.267. The number of benzene rings is 1. The van der Waals surface area contributed by atoms with Crippen LogP contribution in [0.5, 0.6) is 5.75 Å². The number of imidazole rings is 1. The summed E-state index contributed by atoms with van der Waals surface area (Å²) in [7, 11) is 0. The second-order valence-corrected chi connectivity index (χ2v) is 5.24. The molecule has 3 rings (SSSR count). The van der Waals surface area contributed by atoms with E-state index < -0.39 is 12.3 Å². The summed E-state index contributed by atoms with van der Waals surface area (Å²) in [4.78, 5) is 16.2. The van der Waals surface area contributed by atoms with Crippen LogP contribution in [0.1, 0.15) is 22.5 Å². The minimum Gasteiger partial charge on any atom is -0.406 e. The number of hydrogen-bond donors (Lipinski definition) is 2. The molecule has 0 fully saturated rings. The molecule has 0 aliphatic carbocycles. The average molecular weight is 353 g/mol. The molecule has 0 radical (unpaired) electrons. The quantitative estimate of drug-likeness (QED) is 0.653. The number of nitrogens with one attached hydrogen (secondary N) is 2. The Balaban J connectivity index is 1.57. The number of rotatable bonds is 4. The number of carbonyl (C=O) groups excluding carboxylic acids is 1. The standard InChI is InChI=1S/C15H14F3N5O2/c16-15(17,18)25-11-4-2-10(3-5-11)8-20-22-13(24)12-9-23-7-1-6-19-14(23)21-12/h2-5,8-9H,1,6-7H2,(H,19,21)(H,22,24)/b20-8-. The highest BCUT2D eigenvalue weighted by molar-refractivity contribution is 5.93. The lowest BCUT2D eigenvalue weighted by molar-refractivity contribution is -0.274. The molecule has 1 amide bonds. The number of nitrogens with zero attached hydrogens (tertiary/aromatic N) is 3. The molecule has 7 nitrogen and oxygen atoms in total. The topological polar surface area (TPSA) is 80.5 Å². The van der Waals surface area contributed by atoms with Crippen LogP contribution in [0, 0.1) is 0 Å². The van der Waals surface area contributed by atoms with Gasteiger partial charge in [0, 0.05) is 19.3 Å². The van der Waals surface area contributed by atoms with E-state index in [-0.39, 0.29) is 11.4 Å². The molecule has 0 bridgehead atoms. The molecule has 1 aliphatic rings. The van der Waals surface area contributed by atoms with Crippen molar-refractivity contribution in [1.29, 1.82) is 0 Å². The van der Waals surface area contributed by atoms with Crippen molar-refractivity contribution in [2.45, 2.75) is 19.3 Å². The number of amides is 1. The molecule has 0 unspecified atom stereocenters. The number of anilines is 1. The van der Waals surface area contributed by atoms with E-state index in [9.17, 15) is 18.0 Å². The lowest BCUT2D eigenvalue weighted by Crippen LogP contribution is -2.18. The van der Waals surface area contributed by atoms with Crippen LogP contribution >= 0.6 is 0 Å². The van der Waals surface area contributed by atoms with Crippen LogP contribution in [-0.4, -0.2) is 34.6 Å². The Hall–Kier alpha value is -3.04. The molecule has 0 saturated carbocycles. The highest BCUT2D eigenvalue weighted by Gasteiger charge is 2.30. The van der Waals surface area contributed by atoms with Crippen LogP contribution in [0.3, 0.4) is 0 Å². The number of aryl methyl sites for hydroxylation is 1. The summed E-state index contributed by atoms with van der Waals surface area (Å²) in [6, 6.07) is 5.09. The van der Waals surface area contributed by atoms with E-state index >= 15 is 0 Å². The Morgan fingerprint density at radius 3 is 2.80 bits per heavy atom. The van der Waals surface area contributed by atoms with E-state index in [2.05, 4.69) is 25.6 Å². The normalized spacial score (nSPS) is 14.0. The van der Waals surface area contributed by atoms with Crippen LogP contribution in [0.2, 0.25) is 0 Å². The Kier molecular flexibility index (Phi) is 4.59. The molecular weight excluding hydrogens is 339 g/mol. The fourth-order valence-electron chi connectivity index (χ4n) is 2.26. The van der Waals surface area contributed by atoms with Gasteiger partial charge in [-0.15, -0.1) is 13.2 Å². The largest absolute Gasteiger partial charge is 0.573 e. The first-order chi connectivity index (χ1) is 11.9. The smallest absolute Gasteiger partial charge is 0.406 e. The predicted octanol–water partition coefficient (Wildman–Crippen LogP) is 2.36. The maximum Gasteiger partial charge on any atom is 0.573 e. The first-order valence-corrected chi connectivity index (χ1v) is 7.41. The zero-order chi connectivity index (χ0) is 17.9. The summed E-state index contributed by atoms with van der Waals surface area (Å²) in [5.41, 5.74) is 3.06. The summed E-state index contributed by atoms with van der Waals surface area (Å²) in [5.74, 6) is -0.164. The van der Waals surface area contributed by atoms with Gasteiger partial charge in [0.05, 0.1) is 6.21 Å². The van der Waals surface area contributed by atoms with Crippen molar-refractivity contribution in [3.8, 4) is 5.75 Å². The van der Waals surface area contributed by atoms with Crippen molar-refractivity contribution in [3.63, 3.8) is 0 Å². The van der Waals surface area contributed by atoms with Crippen LogP contribution in [0.25, 0.3) is 0 Å². The van der Waals surface area contributed by atoms with E-state index in [4.69, 9.17) is 0 Å². The van der Waals surface area contributed by atoms with Gasteiger partial charge in [-0.3, -0.25) is 4.79 Å². The third-order valence-electron chi connectivity index (χ3n) is 3.36. The van der Waals surface area contributed by atoms with E-state index in [1.54, 1.807) is 6.20 Å². The molecule has 0 saturated heterocycles. The number of aromatic nitrogens is 2. The highest BCUT2D eigenvalue weighted by atomic mass is 19.4. The highest BCUT2D eigenvalue weighted by Crippen LogP contribution is 2.22. The molecule has 0 atom stereocenters. The maximum atomic E-state index is 12.1. The van der Waals surface area contributed by atoms with Crippen LogP contribution < -0.4 is 15.5 Å². The summed E-state index contributed by atoms with van der Waals surface area (Å²) >= 11 is 0. The number of fused-ring (bicyclic) bond motifs is 1. The summed E-state index contributed by atoms with van der Waals surface area (Å²) in [6.45, 7) is 1.60. The van der Waals surface area contributed by atoms with Crippen molar-refractivity contribution < 1.29 is 22.7 Å². The van der Waals surface area contributed by atoms with Gasteiger partial charge >= 0.3 is 6.36 Å². The molecule has 25 heavy (non-hydrogen) atoms. The molecule has 132 valence electrons. The van der Waals surface area contributed by atoms with Crippen molar-refractivity contribution in [3.05, 3.63) is 41.7 Å². The summed E-state index contributed by atoms with van der Waals surface area (Å²) in [6.07, 6.45) is -0.835. The Labute approximate surface area is 140 Å². The zero-order valence-electron chi connectivity index (χ0n) is 12.9. The Morgan fingerprint density at radius 1 is 1.36 bits per heavy atom. The maximum absolute atomic E-state index is 12.1. The van der Waals surface area contributed by atoms with Crippen molar-refractivity contribution in [2.75, 3.05) is 11.9 Å². The molecule has 0 spiro atoms. The number of hydrazone groups is 1. The summed E-state index contributed by atoms with van der Waals surface area (Å²) < 4.78 is 41.8. The van der Waals surface area contributed by atoms with Gasteiger partial charge in [0.25, 0.3) is 5.91 Å². The molecule has 1 aromatic carbocycles. The van der Waals surface area contributed by atoms with Crippen LogP contribution in [0.4, 0.5) is 19.1 Å². The Morgan fingerprint density at radius 2 is 2.12 bits per heavy atom. The van der Waals surface area contributed by atoms with Gasteiger partial charge < -0.3 is 14.6 Å². The minimum absolute atomic E-state index is 0.232. The number of ether oxygens (including phenoxy) is 1. The van der Waals surface area contributed by atoms with Gasteiger partial charge in [0.1, 0.15) is 11.4 Å². The van der Waals surface area contributed by atoms with Gasteiger partial charge in [-0.2, -0.15) is 5.10 Å². The van der Waals surface area contributed by atoms with Gasteiger partial charge in [-0.25, -0.2) is 10.4 Å². The third kappa shape index (κ3) is 4.49. The van der Waals surface area contributed by atoms with E-state index in [0.29, 0.717) is 11.5 Å².